The molecular formula is C30H38N8O4. The van der Waals surface area contributed by atoms with Crippen molar-refractivity contribution in [2.45, 2.75) is 71.4 Å². The predicted octanol–water partition coefficient (Wildman–Crippen LogP) is 4.67. The van der Waals surface area contributed by atoms with Gasteiger partial charge in [-0.05, 0) is 58.7 Å². The van der Waals surface area contributed by atoms with Gasteiger partial charge in [-0.25, -0.2) is 19.4 Å². The Kier molecular flexibility index (Phi) is 7.48. The number of amides is 1. The number of methoxy groups -OCH3 is 1. The SMILES string of the molecule is COC(C)Cn1ncnc1-c1cn2c(n1)-c1ccc(-c3ccnn3C3CCN(C(=O)OC(C)(C)C)CC3)cc1OCC2. The number of likely N-dealkylation sites (tertiary alicyclic amines) is 1. The van der Waals surface area contributed by atoms with Crippen molar-refractivity contribution < 1.29 is 19.0 Å². The van der Waals surface area contributed by atoms with Crippen LogP contribution in [0.2, 0.25) is 0 Å². The van der Waals surface area contributed by atoms with Gasteiger partial charge in [0.1, 0.15) is 35.8 Å². The van der Waals surface area contributed by atoms with Crippen LogP contribution in [0.3, 0.4) is 0 Å². The van der Waals surface area contributed by atoms with E-state index in [2.05, 4.69) is 42.6 Å². The van der Waals surface area contributed by atoms with Crippen molar-refractivity contribution in [1.29, 1.82) is 0 Å². The van der Waals surface area contributed by atoms with Gasteiger partial charge < -0.3 is 23.7 Å². The first-order valence-corrected chi connectivity index (χ1v) is 14.5. The van der Waals surface area contributed by atoms with Crippen molar-refractivity contribution in [1.82, 2.24) is 39.0 Å². The number of rotatable bonds is 6. The molecule has 0 spiro atoms. The number of piperidine rings is 1. The Morgan fingerprint density at radius 2 is 1.93 bits per heavy atom. The molecule has 1 fully saturated rings. The Bertz CT molecular complexity index is 1560. The zero-order valence-electron chi connectivity index (χ0n) is 24.9. The molecule has 6 rings (SSSR count). The van der Waals surface area contributed by atoms with Gasteiger partial charge in [0.25, 0.3) is 0 Å². The van der Waals surface area contributed by atoms with E-state index in [1.807, 2.05) is 50.8 Å². The number of carbonyl (C=O) groups is 1. The van der Waals surface area contributed by atoms with E-state index in [9.17, 15) is 4.79 Å². The van der Waals surface area contributed by atoms with Gasteiger partial charge >= 0.3 is 6.09 Å². The first-order valence-electron chi connectivity index (χ1n) is 14.5. The quantitative estimate of drug-likeness (QED) is 0.326. The highest BCUT2D eigenvalue weighted by Crippen LogP contribution is 2.38. The molecule has 222 valence electrons. The highest BCUT2D eigenvalue weighted by atomic mass is 16.6. The molecule has 0 radical (unpaired) electrons. The third-order valence-electron chi connectivity index (χ3n) is 7.69. The monoisotopic (exact) mass is 574 g/mol. The number of hydrogen-bond donors (Lipinski definition) is 0. The molecule has 12 heteroatoms. The average Bonchev–Trinajstić information content (AvgIpc) is 3.70. The maximum atomic E-state index is 12.5. The van der Waals surface area contributed by atoms with Crippen LogP contribution in [0.1, 0.15) is 46.6 Å². The van der Waals surface area contributed by atoms with E-state index in [4.69, 9.17) is 19.2 Å². The highest BCUT2D eigenvalue weighted by molar-refractivity contribution is 5.74. The summed E-state index contributed by atoms with van der Waals surface area (Å²) in [5.74, 6) is 2.33. The molecule has 1 atom stereocenters. The summed E-state index contributed by atoms with van der Waals surface area (Å²) in [5, 5.41) is 9.06. The zero-order chi connectivity index (χ0) is 29.4. The molecule has 0 saturated carbocycles. The molecule has 3 aromatic heterocycles. The standard InChI is InChI=1S/C30H38N8O4/c1-20(40-5)17-37-28(31-19-33-37)24-18-36-14-15-41-26-16-21(6-7-23(26)27(36)34-24)25-8-11-32-38(25)22-9-12-35(13-10-22)29(39)42-30(2,3)4/h6-8,11,16,18-20,22H,9-10,12-15,17H2,1-5H3. The number of carbonyl (C=O) groups excluding carboxylic acids is 1. The second-order valence-corrected chi connectivity index (χ2v) is 11.9. The topological polar surface area (TPSA) is 114 Å². The molecule has 42 heavy (non-hydrogen) atoms. The molecule has 0 N–H and O–H groups in total. The lowest BCUT2D eigenvalue weighted by Crippen LogP contribution is -2.42. The minimum atomic E-state index is -0.503. The van der Waals surface area contributed by atoms with Crippen LogP contribution in [0.15, 0.2) is 43.0 Å². The van der Waals surface area contributed by atoms with Gasteiger partial charge in [0.05, 0.1) is 36.5 Å². The summed E-state index contributed by atoms with van der Waals surface area (Å²) in [7, 11) is 1.69. The normalized spacial score (nSPS) is 16.4. The van der Waals surface area contributed by atoms with Gasteiger partial charge in [0.2, 0.25) is 0 Å². The van der Waals surface area contributed by atoms with Crippen molar-refractivity contribution in [3.05, 3.63) is 43.0 Å². The summed E-state index contributed by atoms with van der Waals surface area (Å²) in [6.45, 7) is 10.7. The number of imidazole rings is 1. The Morgan fingerprint density at radius 1 is 1.12 bits per heavy atom. The lowest BCUT2D eigenvalue weighted by atomic mass is 10.0. The summed E-state index contributed by atoms with van der Waals surface area (Å²) < 4.78 is 23.2. The fourth-order valence-corrected chi connectivity index (χ4v) is 5.52. The summed E-state index contributed by atoms with van der Waals surface area (Å²) in [4.78, 5) is 23.8. The predicted molar refractivity (Wildman–Crippen MR) is 156 cm³/mol. The fraction of sp³-hybridized carbons (Fsp3) is 0.500. The molecule has 1 aromatic carbocycles. The van der Waals surface area contributed by atoms with E-state index < -0.39 is 5.60 Å². The maximum Gasteiger partial charge on any atom is 0.410 e. The molecule has 1 saturated heterocycles. The lowest BCUT2D eigenvalue weighted by Gasteiger charge is -2.34. The molecule has 4 aromatic rings. The zero-order valence-corrected chi connectivity index (χ0v) is 24.9. The highest BCUT2D eigenvalue weighted by Gasteiger charge is 2.29. The van der Waals surface area contributed by atoms with Crippen LogP contribution in [-0.4, -0.2) is 83.6 Å². The van der Waals surface area contributed by atoms with Crippen molar-refractivity contribution >= 4 is 6.09 Å². The average molecular weight is 575 g/mol. The second kappa shape index (κ2) is 11.2. The second-order valence-electron chi connectivity index (χ2n) is 11.9. The molecule has 1 amide bonds. The molecular weight excluding hydrogens is 536 g/mol. The Balaban J connectivity index is 1.23. The van der Waals surface area contributed by atoms with E-state index in [1.165, 1.54) is 0 Å². The van der Waals surface area contributed by atoms with Crippen molar-refractivity contribution in [2.75, 3.05) is 26.8 Å². The minimum absolute atomic E-state index is 0.00407. The first kappa shape index (κ1) is 28.0. The summed E-state index contributed by atoms with van der Waals surface area (Å²) in [6.07, 6.45) is 6.77. The number of hydrogen-bond acceptors (Lipinski definition) is 8. The lowest BCUT2D eigenvalue weighted by molar-refractivity contribution is 0.0185. The molecule has 2 aliphatic heterocycles. The van der Waals surface area contributed by atoms with Crippen molar-refractivity contribution in [2.24, 2.45) is 0 Å². The van der Waals surface area contributed by atoms with Crippen LogP contribution in [0, 0.1) is 0 Å². The number of nitrogens with zero attached hydrogens (tertiary/aromatic N) is 8. The molecule has 0 aliphatic carbocycles. The molecule has 12 nitrogen and oxygen atoms in total. The van der Waals surface area contributed by atoms with E-state index in [1.54, 1.807) is 18.3 Å². The van der Waals surface area contributed by atoms with Crippen LogP contribution in [0.4, 0.5) is 4.79 Å². The van der Waals surface area contributed by atoms with Crippen LogP contribution in [0.5, 0.6) is 5.75 Å². The van der Waals surface area contributed by atoms with Gasteiger partial charge in [0.15, 0.2) is 5.82 Å². The first-order chi connectivity index (χ1) is 20.2. The van der Waals surface area contributed by atoms with Gasteiger partial charge in [-0.2, -0.15) is 10.2 Å². The molecule has 1 unspecified atom stereocenters. The van der Waals surface area contributed by atoms with Gasteiger partial charge in [-0.15, -0.1) is 0 Å². The van der Waals surface area contributed by atoms with Crippen molar-refractivity contribution in [3.63, 3.8) is 0 Å². The number of aromatic nitrogens is 7. The Morgan fingerprint density at radius 3 is 2.69 bits per heavy atom. The van der Waals surface area contributed by atoms with Crippen LogP contribution in [0.25, 0.3) is 34.2 Å². The Hall–Kier alpha value is -4.19. The van der Waals surface area contributed by atoms with Crippen LogP contribution >= 0.6 is 0 Å². The summed E-state index contributed by atoms with van der Waals surface area (Å²) in [5.41, 5.74) is 3.23. The van der Waals surface area contributed by atoms with Crippen molar-refractivity contribution in [3.8, 4) is 39.9 Å². The Labute approximate surface area is 245 Å². The third-order valence-corrected chi connectivity index (χ3v) is 7.69. The molecule has 0 bridgehead atoms. The largest absolute Gasteiger partial charge is 0.491 e. The minimum Gasteiger partial charge on any atom is -0.491 e. The van der Waals surface area contributed by atoms with Gasteiger partial charge in [0, 0.05) is 38.2 Å². The summed E-state index contributed by atoms with van der Waals surface area (Å²) >= 11 is 0. The maximum absolute atomic E-state index is 12.5. The van der Waals surface area contributed by atoms with E-state index in [0.717, 1.165) is 46.9 Å². The third kappa shape index (κ3) is 5.63. The van der Waals surface area contributed by atoms with E-state index in [-0.39, 0.29) is 18.2 Å². The van der Waals surface area contributed by atoms with Crippen LogP contribution in [-0.2, 0) is 22.6 Å². The smallest absolute Gasteiger partial charge is 0.410 e. The molecule has 5 heterocycles. The number of benzene rings is 1. The number of ether oxygens (including phenoxy) is 3. The molecule has 2 aliphatic rings. The summed E-state index contributed by atoms with van der Waals surface area (Å²) in [6, 6.07) is 8.46. The van der Waals surface area contributed by atoms with E-state index in [0.29, 0.717) is 38.6 Å². The van der Waals surface area contributed by atoms with Gasteiger partial charge in [-0.1, -0.05) is 6.07 Å². The number of fused-ring (bicyclic) bond motifs is 3. The fourth-order valence-electron chi connectivity index (χ4n) is 5.52. The van der Waals surface area contributed by atoms with Gasteiger partial charge in [-0.3, -0.25) is 4.68 Å². The van der Waals surface area contributed by atoms with Crippen LogP contribution < -0.4 is 4.74 Å². The van der Waals surface area contributed by atoms with E-state index >= 15 is 0 Å².